The largest absolute Gasteiger partial charge is 0.481 e. The number of rotatable bonds is 8. The summed E-state index contributed by atoms with van der Waals surface area (Å²) in [6.07, 6.45) is 2.56. The minimum Gasteiger partial charge on any atom is -0.481 e. The maximum Gasteiger partial charge on any atom is 0.303 e. The molecule has 0 amide bonds. The van der Waals surface area contributed by atoms with Crippen LogP contribution in [0.4, 0.5) is 17.6 Å². The molecular formula is C19H18F4N4O2. The lowest BCUT2D eigenvalue weighted by molar-refractivity contribution is -0.139. The molecule has 154 valence electrons. The Balaban J connectivity index is 2.01. The monoisotopic (exact) mass is 410 g/mol. The van der Waals surface area contributed by atoms with Crippen molar-refractivity contribution in [3.8, 4) is 11.4 Å². The number of halogens is 4. The molecule has 6 nitrogen and oxygen atoms in total. The van der Waals surface area contributed by atoms with Gasteiger partial charge in [0.15, 0.2) is 11.6 Å². The summed E-state index contributed by atoms with van der Waals surface area (Å²) in [6, 6.07) is 1.22. The molecule has 0 aromatic carbocycles. The van der Waals surface area contributed by atoms with E-state index in [1.165, 1.54) is 19.2 Å². The third kappa shape index (κ3) is 4.20. The van der Waals surface area contributed by atoms with E-state index >= 15 is 0 Å². The zero-order chi connectivity index (χ0) is 21.2. The number of carboxylic acid groups (broad SMARTS) is 1. The number of aliphatic carboxylic acids is 1. The van der Waals surface area contributed by atoms with Gasteiger partial charge in [-0.3, -0.25) is 13.6 Å². The Kier molecular flexibility index (Phi) is 5.81. The number of H-pyrrole nitrogens is 1. The van der Waals surface area contributed by atoms with E-state index in [1.807, 2.05) is 0 Å². The molecule has 10 heteroatoms. The molecule has 0 spiro atoms. The smallest absolute Gasteiger partial charge is 0.303 e. The molecular weight excluding hydrogens is 392 g/mol. The van der Waals surface area contributed by atoms with Crippen molar-refractivity contribution in [2.75, 3.05) is 13.3 Å². The highest BCUT2D eigenvalue weighted by Crippen LogP contribution is 2.35. The van der Waals surface area contributed by atoms with Gasteiger partial charge >= 0.3 is 5.97 Å². The molecule has 1 atom stereocenters. The molecule has 0 aliphatic heterocycles. The van der Waals surface area contributed by atoms with Crippen LogP contribution in [-0.2, 0) is 11.2 Å². The van der Waals surface area contributed by atoms with E-state index < -0.39 is 48.7 Å². The molecule has 0 saturated carbocycles. The lowest BCUT2D eigenvalue weighted by atomic mass is 9.75. The molecule has 2 N–H and O–H groups in total. The van der Waals surface area contributed by atoms with E-state index in [9.17, 15) is 22.4 Å². The molecule has 3 rings (SSSR count). The first-order valence-electron chi connectivity index (χ1n) is 8.75. The number of hydrogen-bond donors (Lipinski definition) is 2. The van der Waals surface area contributed by atoms with Crippen molar-refractivity contribution in [2.45, 2.75) is 19.8 Å². The van der Waals surface area contributed by atoms with E-state index in [0.717, 1.165) is 12.4 Å². The molecule has 3 aromatic heterocycles. The number of nitrogens with one attached hydrogen (secondary N) is 1. The summed E-state index contributed by atoms with van der Waals surface area (Å²) in [5.74, 6) is -3.64. The second kappa shape index (κ2) is 8.14. The van der Waals surface area contributed by atoms with Crippen LogP contribution in [0, 0.1) is 23.0 Å². The van der Waals surface area contributed by atoms with E-state index in [0.29, 0.717) is 16.6 Å². The summed E-state index contributed by atoms with van der Waals surface area (Å²) < 4.78 is 54.8. The molecule has 1 unspecified atom stereocenters. The van der Waals surface area contributed by atoms with Crippen molar-refractivity contribution in [1.82, 2.24) is 19.9 Å². The number of carboxylic acids is 1. The van der Waals surface area contributed by atoms with Crippen LogP contribution in [0.25, 0.3) is 22.4 Å². The molecule has 0 aliphatic rings. The van der Waals surface area contributed by atoms with Crippen LogP contribution in [-0.4, -0.2) is 44.4 Å². The topological polar surface area (TPSA) is 91.8 Å². The summed E-state index contributed by atoms with van der Waals surface area (Å²) in [7, 11) is 0. The summed E-state index contributed by atoms with van der Waals surface area (Å²) in [5.41, 5.74) is -1.03. The van der Waals surface area contributed by atoms with Gasteiger partial charge in [-0.25, -0.2) is 23.7 Å². The Morgan fingerprint density at radius 2 is 1.97 bits per heavy atom. The summed E-state index contributed by atoms with van der Waals surface area (Å²) in [5, 5.41) is 9.49. The number of carbonyl (C=O) groups is 1. The SMILES string of the molecule is CC(CF)(CF)C(CC(=O)O)Cc1nc(-c2c[nH]c3ncc(F)cc23)ncc1F. The highest BCUT2D eigenvalue weighted by molar-refractivity contribution is 5.91. The van der Waals surface area contributed by atoms with Crippen molar-refractivity contribution >= 4 is 17.0 Å². The van der Waals surface area contributed by atoms with Gasteiger partial charge in [-0.2, -0.15) is 0 Å². The average Bonchev–Trinajstić information content (AvgIpc) is 3.11. The number of nitrogens with zero attached hydrogens (tertiary/aromatic N) is 3. The van der Waals surface area contributed by atoms with Gasteiger partial charge in [0.2, 0.25) is 0 Å². The minimum atomic E-state index is -1.59. The van der Waals surface area contributed by atoms with Crippen molar-refractivity contribution in [1.29, 1.82) is 0 Å². The number of alkyl halides is 2. The second-order valence-electron chi connectivity index (χ2n) is 7.16. The van der Waals surface area contributed by atoms with Crippen LogP contribution < -0.4 is 0 Å². The lowest BCUT2D eigenvalue weighted by Crippen LogP contribution is -2.35. The molecule has 0 fully saturated rings. The first-order chi connectivity index (χ1) is 13.8. The van der Waals surface area contributed by atoms with Crippen LogP contribution in [0.15, 0.2) is 24.7 Å². The average molecular weight is 410 g/mol. The van der Waals surface area contributed by atoms with Gasteiger partial charge < -0.3 is 10.1 Å². The fourth-order valence-corrected chi connectivity index (χ4v) is 3.10. The fraction of sp³-hybridized carbons (Fsp3) is 0.368. The Morgan fingerprint density at radius 3 is 2.62 bits per heavy atom. The first-order valence-corrected chi connectivity index (χ1v) is 8.75. The van der Waals surface area contributed by atoms with E-state index in [4.69, 9.17) is 5.11 Å². The summed E-state index contributed by atoms with van der Waals surface area (Å²) in [6.45, 7) is -0.933. The van der Waals surface area contributed by atoms with Crippen LogP contribution in [0.2, 0.25) is 0 Å². The Labute approximate surface area is 163 Å². The molecule has 0 aliphatic carbocycles. The predicted octanol–water partition coefficient (Wildman–Crippen LogP) is 3.88. The Bertz CT molecular complexity index is 1040. The number of aromatic amines is 1. The van der Waals surface area contributed by atoms with Crippen LogP contribution in [0.3, 0.4) is 0 Å². The maximum absolute atomic E-state index is 14.3. The van der Waals surface area contributed by atoms with E-state index in [-0.39, 0.29) is 17.9 Å². The number of fused-ring (bicyclic) bond motifs is 1. The summed E-state index contributed by atoms with van der Waals surface area (Å²) >= 11 is 0. The van der Waals surface area contributed by atoms with Crippen molar-refractivity contribution in [2.24, 2.45) is 11.3 Å². The van der Waals surface area contributed by atoms with Crippen molar-refractivity contribution in [3.63, 3.8) is 0 Å². The van der Waals surface area contributed by atoms with Gasteiger partial charge in [-0.1, -0.05) is 6.92 Å². The fourth-order valence-electron chi connectivity index (χ4n) is 3.10. The lowest BCUT2D eigenvalue weighted by Gasteiger charge is -2.32. The molecule has 0 saturated heterocycles. The van der Waals surface area contributed by atoms with Gasteiger partial charge in [-0.15, -0.1) is 0 Å². The first kappa shape index (κ1) is 20.7. The maximum atomic E-state index is 14.3. The van der Waals surface area contributed by atoms with Crippen molar-refractivity contribution in [3.05, 3.63) is 42.0 Å². The highest BCUT2D eigenvalue weighted by Gasteiger charge is 2.37. The van der Waals surface area contributed by atoms with Crippen LogP contribution in [0.1, 0.15) is 19.0 Å². The van der Waals surface area contributed by atoms with E-state index in [2.05, 4.69) is 19.9 Å². The quantitative estimate of drug-likeness (QED) is 0.550. The van der Waals surface area contributed by atoms with Gasteiger partial charge in [-0.05, 0) is 18.4 Å². The van der Waals surface area contributed by atoms with Crippen LogP contribution in [0.5, 0.6) is 0 Å². The predicted molar refractivity (Wildman–Crippen MR) is 96.5 cm³/mol. The number of aromatic nitrogens is 4. The zero-order valence-electron chi connectivity index (χ0n) is 15.4. The van der Waals surface area contributed by atoms with Gasteiger partial charge in [0.05, 0.1) is 31.4 Å². The molecule has 0 bridgehead atoms. The summed E-state index contributed by atoms with van der Waals surface area (Å²) in [4.78, 5) is 25.9. The van der Waals surface area contributed by atoms with Crippen LogP contribution >= 0.6 is 0 Å². The normalized spacial score (nSPS) is 13.0. The number of hydrogen-bond acceptors (Lipinski definition) is 4. The minimum absolute atomic E-state index is 0.0522. The third-order valence-corrected chi connectivity index (χ3v) is 5.01. The van der Waals surface area contributed by atoms with Crippen molar-refractivity contribution < 1.29 is 27.5 Å². The van der Waals surface area contributed by atoms with Gasteiger partial charge in [0.1, 0.15) is 11.5 Å². The number of pyridine rings is 1. The Hall–Kier alpha value is -3.04. The highest BCUT2D eigenvalue weighted by atomic mass is 19.1. The second-order valence-corrected chi connectivity index (χ2v) is 7.16. The molecule has 29 heavy (non-hydrogen) atoms. The third-order valence-electron chi connectivity index (χ3n) is 5.01. The van der Waals surface area contributed by atoms with Gasteiger partial charge in [0, 0.05) is 29.0 Å². The Morgan fingerprint density at radius 1 is 1.24 bits per heavy atom. The van der Waals surface area contributed by atoms with Gasteiger partial charge in [0.25, 0.3) is 0 Å². The zero-order valence-corrected chi connectivity index (χ0v) is 15.4. The molecule has 3 aromatic rings. The molecule has 0 radical (unpaired) electrons. The van der Waals surface area contributed by atoms with E-state index in [1.54, 1.807) is 0 Å². The standard InChI is InChI=1S/C19H18F4N4O2/c1-19(8-20,9-21)10(3-16(28)29)2-15-14(23)7-26-18(27-15)13-6-25-17-12(13)4-11(22)5-24-17/h4-7,10H,2-3,8-9H2,1H3,(H,24,25)(H,28,29). The molecule has 3 heterocycles.